The van der Waals surface area contributed by atoms with Gasteiger partial charge in [-0.1, -0.05) is 72.2 Å². The van der Waals surface area contributed by atoms with Crippen molar-refractivity contribution < 1.29 is 43.5 Å². The fourth-order valence-corrected chi connectivity index (χ4v) is 9.49. The predicted octanol–water partition coefficient (Wildman–Crippen LogP) is 0.150. The van der Waals surface area contributed by atoms with E-state index in [0.717, 1.165) is 11.1 Å². The van der Waals surface area contributed by atoms with Gasteiger partial charge in [-0.2, -0.15) is 23.5 Å². The quantitative estimate of drug-likeness (QED) is 0.0544. The van der Waals surface area contributed by atoms with E-state index in [4.69, 9.17) is 22.9 Å². The topological polar surface area (TPSA) is 345 Å². The summed E-state index contributed by atoms with van der Waals surface area (Å²) in [6, 6.07) is -1.60. The first-order chi connectivity index (χ1) is 33.1. The summed E-state index contributed by atoms with van der Waals surface area (Å²) < 4.78 is 0. The molecule has 0 aromatic heterocycles. The maximum absolute atomic E-state index is 14.5. The molecule has 70 heavy (non-hydrogen) atoms. The van der Waals surface area contributed by atoms with Crippen molar-refractivity contribution in [2.24, 2.45) is 40.7 Å². The summed E-state index contributed by atoms with van der Waals surface area (Å²) in [5.74, 6) is -4.78. The van der Waals surface area contributed by atoms with Crippen LogP contribution < -0.4 is 60.2 Å². The molecule has 20 nitrogen and oxygen atoms in total. The molecule has 3 rings (SSSR count). The molecule has 2 aliphatic rings. The lowest BCUT2D eigenvalue weighted by Gasteiger charge is -2.29. The number of primary amides is 1. The van der Waals surface area contributed by atoms with Crippen LogP contribution in [0.15, 0.2) is 24.3 Å². The molecule has 2 heterocycles. The van der Waals surface area contributed by atoms with E-state index in [1.165, 1.54) is 30.4 Å². The largest absolute Gasteiger partial charge is 0.391 e. The Balaban J connectivity index is 2.60. The second kappa shape index (κ2) is 32.5. The Kier molecular flexibility index (Phi) is 28.6. The molecule has 2 bridgehead atoms. The lowest BCUT2D eigenvalue weighted by Crippen LogP contribution is -2.61. The molecule has 8 amide bonds. The van der Waals surface area contributed by atoms with Gasteiger partial charge < -0.3 is 65.3 Å². The van der Waals surface area contributed by atoms with Crippen LogP contribution in [-0.4, -0.2) is 131 Å². The molecule has 0 radical (unpaired) electrons. The summed E-state index contributed by atoms with van der Waals surface area (Å²) in [4.78, 5) is 110. The van der Waals surface area contributed by atoms with Crippen LogP contribution in [0.1, 0.15) is 117 Å². The molecule has 0 saturated heterocycles. The zero-order valence-electron chi connectivity index (χ0n) is 42.2. The minimum atomic E-state index is -1.45. The van der Waals surface area contributed by atoms with E-state index in [-0.39, 0.29) is 54.9 Å². The van der Waals surface area contributed by atoms with Crippen molar-refractivity contribution >= 4 is 70.8 Å². The highest BCUT2D eigenvalue weighted by atomic mass is 32.2. The van der Waals surface area contributed by atoms with Gasteiger partial charge in [-0.25, -0.2) is 0 Å². The highest BCUT2D eigenvalue weighted by Crippen LogP contribution is 2.19. The Morgan fingerprint density at radius 3 is 1.80 bits per heavy atom. The number of aliphatic hydroxyl groups excluding tert-OH is 1. The van der Waals surface area contributed by atoms with Gasteiger partial charge >= 0.3 is 0 Å². The summed E-state index contributed by atoms with van der Waals surface area (Å²) in [7, 11) is 0. The van der Waals surface area contributed by atoms with E-state index in [9.17, 15) is 43.5 Å². The first-order valence-corrected chi connectivity index (χ1v) is 26.9. The SMILES string of the molecule is CC[C@H](C)[C@H](NC(=O)[C@H](CC(C)C)NC(=O)[C@H](CCCCN)NC(=O)[C@@H]1CSCc2ccc(cc2)CSC[C@H](N)C(=O)N[C@@H]([C@@H](C)O)C(=O)N[C@@H](CC(C)C)C(=O)N[C@@H](CCCCN)C(=O)N1)C(N)=O. The van der Waals surface area contributed by atoms with Crippen LogP contribution in [0.3, 0.4) is 0 Å². The Morgan fingerprint density at radius 2 is 1.26 bits per heavy atom. The molecule has 1 aromatic rings. The van der Waals surface area contributed by atoms with Gasteiger partial charge in [0.2, 0.25) is 47.3 Å². The maximum Gasteiger partial charge on any atom is 0.245 e. The molecule has 1 aromatic carbocycles. The monoisotopic (exact) mass is 1020 g/mol. The van der Waals surface area contributed by atoms with Gasteiger partial charge in [0.15, 0.2) is 0 Å². The Labute approximate surface area is 422 Å². The van der Waals surface area contributed by atoms with Crippen molar-refractivity contribution in [1.29, 1.82) is 0 Å². The van der Waals surface area contributed by atoms with Crippen molar-refractivity contribution in [2.75, 3.05) is 24.6 Å². The fourth-order valence-electron chi connectivity index (χ4n) is 7.52. The standard InChI is InChI=1S/C48H83N11O9S2/c1-8-29(6)39(41(52)61)58-46(66)37(22-28(4)5)55-43(63)34(13-9-11-19-49)54-47(67)38-26-70-24-32-17-15-31(16-18-32)23-69-25-33(51)42(62)59-40(30(7)60)48(68)56-36(21-27(2)3)45(65)53-35(44(64)57-38)14-10-12-20-50/h15-18,27-30,33-40,60H,8-14,19-26,49-51H2,1-7H3,(H2,52,61)(H,53,65)(H,54,67)(H,55,63)(H,56,68)(H,57,64)(H,58,66)(H,59,62)/t29-,30+,33-,34-,35-,36-,37-,38-,39-,40-/m0/s1. The summed E-state index contributed by atoms with van der Waals surface area (Å²) in [5.41, 5.74) is 25.3. The second-order valence-corrected chi connectivity index (χ2v) is 21.1. The zero-order valence-corrected chi connectivity index (χ0v) is 43.8. The zero-order chi connectivity index (χ0) is 52.5. The number of thioether (sulfide) groups is 2. The lowest BCUT2D eigenvalue weighted by atomic mass is 9.97. The first kappa shape index (κ1) is 61.6. The summed E-state index contributed by atoms with van der Waals surface area (Å²) in [5, 5.41) is 29.8. The van der Waals surface area contributed by atoms with E-state index in [2.05, 4.69) is 37.2 Å². The van der Waals surface area contributed by atoms with Crippen molar-refractivity contribution in [3.8, 4) is 0 Å². The van der Waals surface area contributed by atoms with E-state index in [1.807, 2.05) is 58.9 Å². The molecule has 0 spiro atoms. The number of hydrogen-bond acceptors (Lipinski definition) is 14. The number of rotatable bonds is 22. The molecule has 16 N–H and O–H groups in total. The molecule has 396 valence electrons. The van der Waals surface area contributed by atoms with Crippen molar-refractivity contribution in [3.05, 3.63) is 35.4 Å². The highest BCUT2D eigenvalue weighted by Gasteiger charge is 2.36. The van der Waals surface area contributed by atoms with Crippen LogP contribution in [0.2, 0.25) is 0 Å². The van der Waals surface area contributed by atoms with E-state index in [1.54, 1.807) is 6.92 Å². The number of nitrogens with two attached hydrogens (primary N) is 4. The molecule has 10 atom stereocenters. The Bertz CT molecular complexity index is 1840. The fraction of sp³-hybridized carbons (Fsp3) is 0.708. The summed E-state index contributed by atoms with van der Waals surface area (Å²) in [6.07, 6.45) is 1.70. The number of carbonyl (C=O) groups excluding carboxylic acids is 8. The maximum atomic E-state index is 14.5. The minimum Gasteiger partial charge on any atom is -0.391 e. The van der Waals surface area contributed by atoms with Gasteiger partial charge in [0, 0.05) is 23.0 Å². The third-order valence-corrected chi connectivity index (χ3v) is 14.1. The molecule has 22 heteroatoms. The first-order valence-electron chi connectivity index (χ1n) is 24.6. The average Bonchev–Trinajstić information content (AvgIpc) is 3.30. The van der Waals surface area contributed by atoms with Gasteiger partial charge in [0.05, 0.1) is 12.1 Å². The number of nitrogens with one attached hydrogen (secondary N) is 7. The summed E-state index contributed by atoms with van der Waals surface area (Å²) in [6.45, 7) is 13.0. The van der Waals surface area contributed by atoms with Gasteiger partial charge in [0.25, 0.3) is 0 Å². The molecule has 0 saturated carbocycles. The second-order valence-electron chi connectivity index (χ2n) is 19.1. The molecule has 0 unspecified atom stereocenters. The third kappa shape index (κ3) is 22.3. The smallest absolute Gasteiger partial charge is 0.245 e. The van der Waals surface area contributed by atoms with Gasteiger partial charge in [-0.05, 0) is 100 Å². The normalized spacial score (nSPS) is 22.3. The van der Waals surface area contributed by atoms with Crippen molar-refractivity contribution in [2.45, 2.75) is 172 Å². The van der Waals surface area contributed by atoms with E-state index < -0.39 is 102 Å². The molecular weight excluding hydrogens is 939 g/mol. The van der Waals surface area contributed by atoms with Crippen LogP contribution in [0, 0.1) is 17.8 Å². The molecular formula is C48H83N11O9S2. The van der Waals surface area contributed by atoms with E-state index >= 15 is 0 Å². The van der Waals surface area contributed by atoms with Crippen LogP contribution in [-0.2, 0) is 49.9 Å². The van der Waals surface area contributed by atoms with Crippen LogP contribution in [0.25, 0.3) is 0 Å². The van der Waals surface area contributed by atoms with Crippen molar-refractivity contribution in [3.63, 3.8) is 0 Å². The van der Waals surface area contributed by atoms with Gasteiger partial charge in [-0.3, -0.25) is 38.4 Å². The minimum absolute atomic E-state index is 0.0456. The van der Waals surface area contributed by atoms with Crippen LogP contribution in [0.4, 0.5) is 0 Å². The van der Waals surface area contributed by atoms with E-state index in [0.29, 0.717) is 56.7 Å². The Hall–Kier alpha value is -4.48. The molecule has 0 aliphatic carbocycles. The number of amides is 8. The van der Waals surface area contributed by atoms with Gasteiger partial charge in [0.1, 0.15) is 42.3 Å². The third-order valence-electron chi connectivity index (χ3n) is 11.8. The number of aliphatic hydroxyl groups is 1. The predicted molar refractivity (Wildman–Crippen MR) is 275 cm³/mol. The lowest BCUT2D eigenvalue weighted by molar-refractivity contribution is -0.136. The summed E-state index contributed by atoms with van der Waals surface area (Å²) >= 11 is 2.77. The van der Waals surface area contributed by atoms with Crippen molar-refractivity contribution in [1.82, 2.24) is 37.2 Å². The van der Waals surface area contributed by atoms with Crippen LogP contribution >= 0.6 is 23.5 Å². The number of fused-ring (bicyclic) bond motifs is 20. The van der Waals surface area contributed by atoms with Gasteiger partial charge in [-0.15, -0.1) is 0 Å². The molecule has 0 fully saturated rings. The molecule has 2 aliphatic heterocycles. The number of carbonyl (C=O) groups is 8. The number of unbranched alkanes of at least 4 members (excludes halogenated alkanes) is 2. The number of hydrogen-bond donors (Lipinski definition) is 12. The Morgan fingerprint density at radius 1 is 0.700 bits per heavy atom. The van der Waals surface area contributed by atoms with Crippen LogP contribution in [0.5, 0.6) is 0 Å². The highest BCUT2D eigenvalue weighted by molar-refractivity contribution is 7.98. The average molecular weight is 1020 g/mol. The number of benzene rings is 1.